The Balaban J connectivity index is 1.42. The molecular weight excluding hydrogens is 562 g/mol. The van der Waals surface area contributed by atoms with Crippen molar-refractivity contribution in [3.05, 3.63) is 107 Å². The standard InChI is InChI=1S/C27H21BrF2N4O2S/c28-16-8-9-17(19(30)15-16)22-10-11-23(36-22)26-25(21-7-3-4-13-31-21)33-27(37)34(26)14-12-24(35)32-20-6-2-1-5-18(20)29/h1-11,13,15,25-26H,12,14H2,(H,32,35)(H,33,37)/t25-,26+/m1/s1. The van der Waals surface area contributed by atoms with Crippen molar-refractivity contribution in [3.63, 3.8) is 0 Å². The van der Waals surface area contributed by atoms with Crippen LogP contribution in [0.4, 0.5) is 14.5 Å². The summed E-state index contributed by atoms with van der Waals surface area (Å²) in [5.41, 5.74) is 1.18. The molecule has 1 saturated heterocycles. The van der Waals surface area contributed by atoms with Gasteiger partial charge in [-0.05, 0) is 66.8 Å². The Morgan fingerprint density at radius 2 is 1.89 bits per heavy atom. The van der Waals surface area contributed by atoms with Crippen molar-refractivity contribution in [3.8, 4) is 11.3 Å². The van der Waals surface area contributed by atoms with Crippen molar-refractivity contribution >= 4 is 44.9 Å². The van der Waals surface area contributed by atoms with E-state index in [1.165, 1.54) is 18.2 Å². The Kier molecular flexibility index (Phi) is 7.29. The number of amides is 1. The minimum Gasteiger partial charge on any atom is -0.459 e. The van der Waals surface area contributed by atoms with Gasteiger partial charge in [-0.25, -0.2) is 8.78 Å². The maximum atomic E-state index is 14.6. The van der Waals surface area contributed by atoms with Crippen LogP contribution in [-0.4, -0.2) is 27.4 Å². The number of carbonyl (C=O) groups is 1. The van der Waals surface area contributed by atoms with Crippen molar-refractivity contribution in [1.29, 1.82) is 0 Å². The van der Waals surface area contributed by atoms with Gasteiger partial charge in [-0.15, -0.1) is 0 Å². The van der Waals surface area contributed by atoms with Crippen LogP contribution in [0.15, 0.2) is 87.9 Å². The second-order valence-electron chi connectivity index (χ2n) is 8.42. The first-order valence-electron chi connectivity index (χ1n) is 11.5. The van der Waals surface area contributed by atoms with Crippen molar-refractivity contribution in [2.75, 3.05) is 11.9 Å². The average molecular weight is 583 g/mol. The molecule has 0 unspecified atom stereocenters. The molecular formula is C27H21BrF2N4O2S. The number of hydrogen-bond acceptors (Lipinski definition) is 4. The van der Waals surface area contributed by atoms with Gasteiger partial charge in [-0.3, -0.25) is 9.78 Å². The van der Waals surface area contributed by atoms with Gasteiger partial charge in [-0.1, -0.05) is 34.1 Å². The summed E-state index contributed by atoms with van der Waals surface area (Å²) in [7, 11) is 0. The second kappa shape index (κ2) is 10.8. The summed E-state index contributed by atoms with van der Waals surface area (Å²) in [5, 5.41) is 6.30. The zero-order valence-electron chi connectivity index (χ0n) is 19.3. The van der Waals surface area contributed by atoms with Crippen LogP contribution < -0.4 is 10.6 Å². The number of nitrogens with one attached hydrogen (secondary N) is 2. The van der Waals surface area contributed by atoms with E-state index in [0.717, 1.165) is 5.69 Å². The first kappa shape index (κ1) is 25.0. The number of thiocarbonyl (C=S) groups is 1. The fourth-order valence-corrected chi connectivity index (χ4v) is 4.96. The summed E-state index contributed by atoms with van der Waals surface area (Å²) in [6.45, 7) is 0.239. The van der Waals surface area contributed by atoms with E-state index in [-0.39, 0.29) is 30.6 Å². The topological polar surface area (TPSA) is 70.4 Å². The van der Waals surface area contributed by atoms with Crippen LogP contribution in [0.5, 0.6) is 0 Å². The predicted molar refractivity (Wildman–Crippen MR) is 144 cm³/mol. The highest BCUT2D eigenvalue weighted by atomic mass is 79.9. The fraction of sp³-hybridized carbons (Fsp3) is 0.148. The Morgan fingerprint density at radius 3 is 2.65 bits per heavy atom. The van der Waals surface area contributed by atoms with Gasteiger partial charge in [0.05, 0.1) is 23.0 Å². The normalized spacial score (nSPS) is 17.1. The lowest BCUT2D eigenvalue weighted by Gasteiger charge is -2.25. The largest absolute Gasteiger partial charge is 0.459 e. The SMILES string of the molecule is O=C(CCN1C(=S)N[C@H](c2ccccn2)[C@@H]1c1ccc(-c2ccc(Br)cc2F)o1)Nc1ccccc1F. The molecule has 37 heavy (non-hydrogen) atoms. The summed E-state index contributed by atoms with van der Waals surface area (Å²) < 4.78 is 35.3. The minimum atomic E-state index is -0.509. The number of para-hydroxylation sites is 1. The maximum Gasteiger partial charge on any atom is 0.226 e. The van der Waals surface area contributed by atoms with E-state index >= 15 is 0 Å². The molecule has 3 heterocycles. The van der Waals surface area contributed by atoms with Gasteiger partial charge >= 0.3 is 0 Å². The van der Waals surface area contributed by atoms with Gasteiger partial charge in [0.2, 0.25) is 5.91 Å². The number of furan rings is 1. The minimum absolute atomic E-state index is 0.0521. The van der Waals surface area contributed by atoms with Crippen LogP contribution in [0.3, 0.4) is 0 Å². The molecule has 0 spiro atoms. The molecule has 2 aromatic carbocycles. The van der Waals surface area contributed by atoms with E-state index in [1.807, 2.05) is 23.1 Å². The van der Waals surface area contributed by atoms with Crippen LogP contribution in [0.2, 0.25) is 0 Å². The zero-order valence-corrected chi connectivity index (χ0v) is 21.7. The van der Waals surface area contributed by atoms with Crippen molar-refractivity contribution in [1.82, 2.24) is 15.2 Å². The first-order valence-corrected chi connectivity index (χ1v) is 12.7. The molecule has 2 aromatic heterocycles. The van der Waals surface area contributed by atoms with Crippen LogP contribution >= 0.6 is 28.1 Å². The summed E-state index contributed by atoms with van der Waals surface area (Å²) in [4.78, 5) is 18.9. The zero-order chi connectivity index (χ0) is 25.9. The summed E-state index contributed by atoms with van der Waals surface area (Å²) in [6, 6.07) is 19.0. The van der Waals surface area contributed by atoms with Crippen LogP contribution in [-0.2, 0) is 4.79 Å². The molecule has 0 aliphatic carbocycles. The quantitative estimate of drug-likeness (QED) is 0.246. The summed E-state index contributed by atoms with van der Waals surface area (Å²) in [6.07, 6.45) is 1.74. The number of pyridine rings is 1. The molecule has 2 atom stereocenters. The lowest BCUT2D eigenvalue weighted by atomic mass is 10.0. The molecule has 1 amide bonds. The molecule has 6 nitrogen and oxygen atoms in total. The molecule has 0 bridgehead atoms. The van der Waals surface area contributed by atoms with Crippen molar-refractivity contribution in [2.24, 2.45) is 0 Å². The van der Waals surface area contributed by atoms with E-state index in [9.17, 15) is 13.6 Å². The van der Waals surface area contributed by atoms with Gasteiger partial charge in [0.15, 0.2) is 5.11 Å². The van der Waals surface area contributed by atoms with E-state index in [0.29, 0.717) is 26.7 Å². The monoisotopic (exact) mass is 582 g/mol. The fourth-order valence-electron chi connectivity index (χ4n) is 4.30. The molecule has 2 N–H and O–H groups in total. The maximum absolute atomic E-state index is 14.6. The number of halogens is 3. The molecule has 0 radical (unpaired) electrons. The lowest BCUT2D eigenvalue weighted by Crippen LogP contribution is -2.32. The number of rotatable bonds is 7. The third-order valence-electron chi connectivity index (χ3n) is 6.04. The highest BCUT2D eigenvalue weighted by Gasteiger charge is 2.41. The van der Waals surface area contributed by atoms with Crippen LogP contribution in [0.25, 0.3) is 11.3 Å². The number of carbonyl (C=O) groups excluding carboxylic acids is 1. The molecule has 0 saturated carbocycles. The van der Waals surface area contributed by atoms with Gasteiger partial charge in [0, 0.05) is 23.6 Å². The molecule has 5 rings (SSSR count). The van der Waals surface area contributed by atoms with Gasteiger partial charge in [0.1, 0.15) is 29.2 Å². The molecule has 10 heteroatoms. The number of hydrogen-bond donors (Lipinski definition) is 2. The van der Waals surface area contributed by atoms with Crippen molar-refractivity contribution < 1.29 is 18.0 Å². The Morgan fingerprint density at radius 1 is 1.08 bits per heavy atom. The average Bonchev–Trinajstić information content (AvgIpc) is 3.49. The highest BCUT2D eigenvalue weighted by molar-refractivity contribution is 9.10. The number of nitrogens with zero attached hydrogens (tertiary/aromatic N) is 2. The molecule has 1 aliphatic heterocycles. The van der Waals surface area contributed by atoms with Crippen LogP contribution in [0.1, 0.15) is 30.0 Å². The highest BCUT2D eigenvalue weighted by Crippen LogP contribution is 2.41. The molecule has 188 valence electrons. The number of benzene rings is 2. The third kappa shape index (κ3) is 5.40. The Bertz CT molecular complexity index is 1450. The van der Waals surface area contributed by atoms with E-state index in [1.54, 1.807) is 42.6 Å². The number of aromatic nitrogens is 1. The van der Waals surface area contributed by atoms with Crippen molar-refractivity contribution in [2.45, 2.75) is 18.5 Å². The second-order valence-corrected chi connectivity index (χ2v) is 9.73. The molecule has 4 aromatic rings. The smallest absolute Gasteiger partial charge is 0.226 e. The van der Waals surface area contributed by atoms with Gasteiger partial charge < -0.3 is 20.0 Å². The van der Waals surface area contributed by atoms with E-state index in [2.05, 4.69) is 31.5 Å². The Labute approximate surface area is 225 Å². The summed E-state index contributed by atoms with van der Waals surface area (Å²) >= 11 is 8.89. The van der Waals surface area contributed by atoms with Gasteiger partial charge in [0.25, 0.3) is 0 Å². The van der Waals surface area contributed by atoms with E-state index < -0.39 is 17.7 Å². The van der Waals surface area contributed by atoms with E-state index in [4.69, 9.17) is 16.6 Å². The third-order valence-corrected chi connectivity index (χ3v) is 6.89. The summed E-state index contributed by atoms with van der Waals surface area (Å²) in [5.74, 6) is -0.376. The predicted octanol–water partition coefficient (Wildman–Crippen LogP) is 6.38. The molecule has 1 fully saturated rings. The van der Waals surface area contributed by atoms with Gasteiger partial charge in [-0.2, -0.15) is 0 Å². The molecule has 1 aliphatic rings. The number of anilines is 1. The first-order chi connectivity index (χ1) is 17.9. The lowest BCUT2D eigenvalue weighted by molar-refractivity contribution is -0.116. The van der Waals surface area contributed by atoms with Crippen LogP contribution in [0, 0.1) is 11.6 Å². The Hall–Kier alpha value is -3.63.